The van der Waals surface area contributed by atoms with Gasteiger partial charge in [-0.25, -0.2) is 4.98 Å². The van der Waals surface area contributed by atoms with Gasteiger partial charge in [0.15, 0.2) is 5.78 Å². The standard InChI is InChI=1S/C22H19Br2N3O2/c1-12-19(22(29)27-18-9-8-15(24)11-25-18)20(13-4-2-5-14(23)10-13)21-16(26-12)6-3-7-17(21)28/h2,4-5,8-11,20,26H,3,6-7H2,1H3,(H,25,27,29). The lowest BCUT2D eigenvalue weighted by atomic mass is 9.75. The fraction of sp³-hybridized carbons (Fsp3) is 0.227. The Kier molecular flexibility index (Phi) is 5.69. The van der Waals surface area contributed by atoms with Crippen LogP contribution in [0.5, 0.6) is 0 Å². The van der Waals surface area contributed by atoms with Crippen molar-refractivity contribution < 1.29 is 9.59 Å². The van der Waals surface area contributed by atoms with Crippen molar-refractivity contribution in [2.45, 2.75) is 32.1 Å². The minimum Gasteiger partial charge on any atom is -0.362 e. The Morgan fingerprint density at radius 1 is 1.17 bits per heavy atom. The van der Waals surface area contributed by atoms with Gasteiger partial charge in [-0.2, -0.15) is 0 Å². The van der Waals surface area contributed by atoms with E-state index in [4.69, 9.17) is 0 Å². The first-order chi connectivity index (χ1) is 13.9. The molecule has 0 fully saturated rings. The van der Waals surface area contributed by atoms with Crippen LogP contribution in [0.25, 0.3) is 0 Å². The molecule has 1 aromatic carbocycles. The van der Waals surface area contributed by atoms with Crippen LogP contribution in [0.4, 0.5) is 5.82 Å². The third kappa shape index (κ3) is 4.07. The van der Waals surface area contributed by atoms with Crippen molar-refractivity contribution in [1.29, 1.82) is 0 Å². The Morgan fingerprint density at radius 3 is 2.72 bits per heavy atom. The minimum atomic E-state index is -0.410. The number of anilines is 1. The smallest absolute Gasteiger partial charge is 0.255 e. The number of halogens is 2. The van der Waals surface area contributed by atoms with Gasteiger partial charge >= 0.3 is 0 Å². The maximum atomic E-state index is 13.3. The van der Waals surface area contributed by atoms with Gasteiger partial charge < -0.3 is 10.6 Å². The molecule has 2 aliphatic rings. The second-order valence-electron chi connectivity index (χ2n) is 7.14. The number of nitrogens with zero attached hydrogens (tertiary/aromatic N) is 1. The number of carbonyl (C=O) groups excluding carboxylic acids is 2. The van der Waals surface area contributed by atoms with Gasteiger partial charge in [0, 0.05) is 50.0 Å². The Balaban J connectivity index is 1.78. The molecule has 1 unspecified atom stereocenters. The molecule has 5 nitrogen and oxygen atoms in total. The van der Waals surface area contributed by atoms with E-state index >= 15 is 0 Å². The fourth-order valence-corrected chi connectivity index (χ4v) is 4.59. The van der Waals surface area contributed by atoms with Crippen LogP contribution in [0, 0.1) is 0 Å². The second-order valence-corrected chi connectivity index (χ2v) is 8.97. The molecule has 1 atom stereocenters. The first-order valence-corrected chi connectivity index (χ1v) is 10.9. The van der Waals surface area contributed by atoms with Gasteiger partial charge in [0.2, 0.25) is 0 Å². The molecule has 2 aromatic rings. The zero-order valence-corrected chi connectivity index (χ0v) is 18.9. The molecule has 148 valence electrons. The number of amides is 1. The van der Waals surface area contributed by atoms with Gasteiger partial charge in [0.05, 0.1) is 0 Å². The number of pyridine rings is 1. The van der Waals surface area contributed by atoms with Gasteiger partial charge in [-0.3, -0.25) is 9.59 Å². The van der Waals surface area contributed by atoms with Crippen molar-refractivity contribution in [3.8, 4) is 0 Å². The molecule has 29 heavy (non-hydrogen) atoms. The van der Waals surface area contributed by atoms with E-state index in [-0.39, 0.29) is 11.7 Å². The number of allylic oxidation sites excluding steroid dienone is 3. The molecule has 2 heterocycles. The molecule has 1 aliphatic heterocycles. The van der Waals surface area contributed by atoms with Crippen molar-refractivity contribution in [1.82, 2.24) is 10.3 Å². The van der Waals surface area contributed by atoms with Crippen molar-refractivity contribution in [2.24, 2.45) is 0 Å². The highest BCUT2D eigenvalue weighted by molar-refractivity contribution is 9.10. The second kappa shape index (κ2) is 8.24. The lowest BCUT2D eigenvalue weighted by molar-refractivity contribution is -0.116. The summed E-state index contributed by atoms with van der Waals surface area (Å²) in [6, 6.07) is 11.4. The Morgan fingerprint density at radius 2 is 2.00 bits per heavy atom. The van der Waals surface area contributed by atoms with Crippen LogP contribution >= 0.6 is 31.9 Å². The third-order valence-electron chi connectivity index (χ3n) is 5.17. The zero-order valence-electron chi connectivity index (χ0n) is 15.8. The predicted molar refractivity (Wildman–Crippen MR) is 119 cm³/mol. The number of aromatic nitrogens is 1. The molecule has 0 saturated heterocycles. The van der Waals surface area contributed by atoms with E-state index < -0.39 is 5.92 Å². The summed E-state index contributed by atoms with van der Waals surface area (Å²) in [6.07, 6.45) is 3.78. The lowest BCUT2D eigenvalue weighted by Gasteiger charge is -2.34. The van der Waals surface area contributed by atoms with Crippen LogP contribution in [0.2, 0.25) is 0 Å². The Labute approximate surface area is 185 Å². The Hall–Kier alpha value is -2.25. The molecule has 1 aliphatic carbocycles. The molecule has 0 saturated carbocycles. The quantitative estimate of drug-likeness (QED) is 0.587. The molecule has 0 bridgehead atoms. The molecule has 4 rings (SSSR count). The monoisotopic (exact) mass is 515 g/mol. The summed E-state index contributed by atoms with van der Waals surface area (Å²) < 4.78 is 1.74. The van der Waals surface area contributed by atoms with Gasteiger partial charge in [0.25, 0.3) is 5.91 Å². The van der Waals surface area contributed by atoms with Crippen molar-refractivity contribution in [3.05, 3.63) is 79.6 Å². The summed E-state index contributed by atoms with van der Waals surface area (Å²) in [5, 5.41) is 6.21. The highest BCUT2D eigenvalue weighted by Gasteiger charge is 2.38. The SMILES string of the molecule is CC1=C(C(=O)Nc2ccc(Br)cn2)C(c2cccc(Br)c2)C2=C(CCCC2=O)N1. The van der Waals surface area contributed by atoms with Gasteiger partial charge in [-0.05, 0) is 65.5 Å². The summed E-state index contributed by atoms with van der Waals surface area (Å²) in [7, 11) is 0. The molecular weight excluding hydrogens is 498 g/mol. The number of ketones is 1. The summed E-state index contributed by atoms with van der Waals surface area (Å²) in [5.74, 6) is -0.115. The van der Waals surface area contributed by atoms with E-state index in [2.05, 4.69) is 47.5 Å². The van der Waals surface area contributed by atoms with E-state index in [1.165, 1.54) is 0 Å². The van der Waals surface area contributed by atoms with Crippen molar-refractivity contribution in [3.63, 3.8) is 0 Å². The summed E-state index contributed by atoms with van der Waals surface area (Å²) in [6.45, 7) is 1.89. The largest absolute Gasteiger partial charge is 0.362 e. The number of hydrogen-bond acceptors (Lipinski definition) is 4. The van der Waals surface area contributed by atoms with E-state index in [1.807, 2.05) is 37.3 Å². The number of nitrogens with one attached hydrogen (secondary N) is 2. The average Bonchev–Trinajstić information content (AvgIpc) is 2.69. The van der Waals surface area contributed by atoms with Crippen molar-refractivity contribution in [2.75, 3.05) is 5.32 Å². The summed E-state index contributed by atoms with van der Waals surface area (Å²) in [4.78, 5) is 30.4. The van der Waals surface area contributed by atoms with Crippen molar-refractivity contribution >= 4 is 49.4 Å². The first-order valence-electron chi connectivity index (χ1n) is 9.36. The summed E-state index contributed by atoms with van der Waals surface area (Å²) >= 11 is 6.86. The normalized spacial score (nSPS) is 19.0. The van der Waals surface area contributed by atoms with Crippen LogP contribution in [0.1, 0.15) is 37.7 Å². The van der Waals surface area contributed by atoms with Crippen LogP contribution < -0.4 is 10.6 Å². The molecule has 1 aromatic heterocycles. The average molecular weight is 517 g/mol. The molecular formula is C22H19Br2N3O2. The van der Waals surface area contributed by atoms with Crippen LogP contribution in [0.3, 0.4) is 0 Å². The number of benzene rings is 1. The Bertz CT molecular complexity index is 1060. The van der Waals surface area contributed by atoms with Gasteiger partial charge in [0.1, 0.15) is 5.82 Å². The topological polar surface area (TPSA) is 71.1 Å². The van der Waals surface area contributed by atoms with Crippen LogP contribution in [-0.4, -0.2) is 16.7 Å². The van der Waals surface area contributed by atoms with E-state index in [9.17, 15) is 9.59 Å². The van der Waals surface area contributed by atoms with E-state index in [0.29, 0.717) is 23.4 Å². The van der Waals surface area contributed by atoms with Gasteiger partial charge in [-0.1, -0.05) is 28.1 Å². The first kappa shape index (κ1) is 20.0. The highest BCUT2D eigenvalue weighted by Crippen LogP contribution is 2.42. The third-order valence-corrected chi connectivity index (χ3v) is 6.13. The fourth-order valence-electron chi connectivity index (χ4n) is 3.94. The summed E-state index contributed by atoms with van der Waals surface area (Å²) in [5.41, 5.74) is 3.85. The maximum absolute atomic E-state index is 13.3. The van der Waals surface area contributed by atoms with E-state index in [1.54, 1.807) is 12.3 Å². The van der Waals surface area contributed by atoms with Crippen LogP contribution in [0.15, 0.2) is 74.1 Å². The molecule has 7 heteroatoms. The maximum Gasteiger partial charge on any atom is 0.255 e. The minimum absolute atomic E-state index is 0.100. The molecule has 0 spiro atoms. The molecule has 2 N–H and O–H groups in total. The number of dihydropyridines is 1. The number of hydrogen-bond donors (Lipinski definition) is 2. The van der Waals surface area contributed by atoms with Crippen LogP contribution in [-0.2, 0) is 9.59 Å². The van der Waals surface area contributed by atoms with E-state index in [0.717, 1.165) is 38.7 Å². The molecule has 1 amide bonds. The van der Waals surface area contributed by atoms with Gasteiger partial charge in [-0.15, -0.1) is 0 Å². The predicted octanol–water partition coefficient (Wildman–Crippen LogP) is 5.21. The highest BCUT2D eigenvalue weighted by atomic mass is 79.9. The lowest BCUT2D eigenvalue weighted by Crippen LogP contribution is -2.35. The molecule has 0 radical (unpaired) electrons. The zero-order chi connectivity index (χ0) is 20.5. The number of carbonyl (C=O) groups is 2. The number of rotatable bonds is 3. The number of Topliss-reactive ketones (excluding diaryl/α,β-unsaturated/α-hetero) is 1.